The summed E-state index contributed by atoms with van der Waals surface area (Å²) in [5.41, 5.74) is 1.58. The van der Waals surface area contributed by atoms with Gasteiger partial charge in [0, 0.05) is 13.0 Å². The van der Waals surface area contributed by atoms with Crippen molar-refractivity contribution in [2.24, 2.45) is 0 Å². The smallest absolute Gasteiger partial charge is 0.337 e. The second-order valence-corrected chi connectivity index (χ2v) is 7.08. The number of hydrogen-bond acceptors (Lipinski definition) is 5. The van der Waals surface area contributed by atoms with Crippen LogP contribution in [0.25, 0.3) is 0 Å². The topological polar surface area (TPSA) is 84.0 Å². The molecule has 0 saturated carbocycles. The van der Waals surface area contributed by atoms with E-state index in [1.807, 2.05) is 37.3 Å². The molecule has 1 heterocycles. The molecule has 0 spiro atoms. The van der Waals surface area contributed by atoms with Gasteiger partial charge in [0.05, 0.1) is 24.8 Å². The Morgan fingerprint density at radius 3 is 2.33 bits per heavy atom. The molecule has 0 aliphatic carbocycles. The SMILES string of the molecule is CCCC(=O)N(Cc1ccccc1)C1CC(=O)N(c2ccc(C(=O)OC)cc2)C1=O. The van der Waals surface area contributed by atoms with Crippen molar-refractivity contribution in [1.82, 2.24) is 4.90 Å². The molecule has 0 N–H and O–H groups in total. The number of esters is 1. The van der Waals surface area contributed by atoms with Crippen molar-refractivity contribution in [3.05, 3.63) is 65.7 Å². The fraction of sp³-hybridized carbons (Fsp3) is 0.304. The Bertz CT molecular complexity index is 940. The first kappa shape index (κ1) is 21.2. The van der Waals surface area contributed by atoms with E-state index < -0.39 is 17.9 Å². The lowest BCUT2D eigenvalue weighted by molar-refractivity contribution is -0.139. The van der Waals surface area contributed by atoms with Gasteiger partial charge in [-0.3, -0.25) is 14.4 Å². The number of carbonyl (C=O) groups excluding carboxylic acids is 4. The van der Waals surface area contributed by atoms with Gasteiger partial charge in [0.15, 0.2) is 0 Å². The predicted octanol–water partition coefficient (Wildman–Crippen LogP) is 2.93. The zero-order valence-electron chi connectivity index (χ0n) is 17.0. The number of nitrogens with zero attached hydrogens (tertiary/aromatic N) is 2. The molecule has 30 heavy (non-hydrogen) atoms. The van der Waals surface area contributed by atoms with Crippen molar-refractivity contribution in [3.63, 3.8) is 0 Å². The van der Waals surface area contributed by atoms with E-state index >= 15 is 0 Å². The first-order valence-corrected chi connectivity index (χ1v) is 9.84. The van der Waals surface area contributed by atoms with Gasteiger partial charge < -0.3 is 9.64 Å². The predicted molar refractivity (Wildman–Crippen MR) is 111 cm³/mol. The van der Waals surface area contributed by atoms with Crippen LogP contribution in [0.5, 0.6) is 0 Å². The van der Waals surface area contributed by atoms with Gasteiger partial charge in [0.1, 0.15) is 6.04 Å². The Balaban J connectivity index is 1.86. The molecule has 0 radical (unpaired) electrons. The van der Waals surface area contributed by atoms with E-state index in [1.165, 1.54) is 36.3 Å². The van der Waals surface area contributed by atoms with Crippen molar-refractivity contribution < 1.29 is 23.9 Å². The molecule has 1 unspecified atom stereocenters. The number of imide groups is 1. The Hall–Kier alpha value is -3.48. The summed E-state index contributed by atoms with van der Waals surface area (Å²) in [5.74, 6) is -1.47. The zero-order chi connectivity index (χ0) is 21.7. The maximum absolute atomic E-state index is 13.2. The molecule has 156 valence electrons. The summed E-state index contributed by atoms with van der Waals surface area (Å²) >= 11 is 0. The summed E-state index contributed by atoms with van der Waals surface area (Å²) in [6, 6.07) is 14.6. The number of carbonyl (C=O) groups is 4. The molecule has 7 nitrogen and oxygen atoms in total. The number of methoxy groups -OCH3 is 1. The van der Waals surface area contributed by atoms with Crippen molar-refractivity contribution in [3.8, 4) is 0 Å². The zero-order valence-corrected chi connectivity index (χ0v) is 17.0. The molecule has 3 amide bonds. The van der Waals surface area contributed by atoms with Gasteiger partial charge in [0.25, 0.3) is 5.91 Å². The number of ether oxygens (including phenoxy) is 1. The minimum Gasteiger partial charge on any atom is -0.465 e. The molecule has 1 atom stereocenters. The summed E-state index contributed by atoms with van der Waals surface area (Å²) in [6.45, 7) is 2.16. The highest BCUT2D eigenvalue weighted by Crippen LogP contribution is 2.27. The van der Waals surface area contributed by atoms with Crippen LogP contribution in [0.4, 0.5) is 5.69 Å². The standard InChI is InChI=1S/C23H24N2O5/c1-3-7-20(26)24(15-16-8-5-4-6-9-16)19-14-21(27)25(22(19)28)18-12-10-17(11-13-18)23(29)30-2/h4-6,8-13,19H,3,7,14-15H2,1-2H3. The van der Waals surface area contributed by atoms with Gasteiger partial charge in [-0.05, 0) is 36.2 Å². The van der Waals surface area contributed by atoms with E-state index in [4.69, 9.17) is 0 Å². The molecule has 1 aliphatic heterocycles. The normalized spacial score (nSPS) is 15.9. The van der Waals surface area contributed by atoms with E-state index in [9.17, 15) is 19.2 Å². The minimum atomic E-state index is -0.850. The Kier molecular flexibility index (Phi) is 6.61. The summed E-state index contributed by atoms with van der Waals surface area (Å²) in [5, 5.41) is 0. The van der Waals surface area contributed by atoms with Gasteiger partial charge in [-0.15, -0.1) is 0 Å². The number of benzene rings is 2. The number of rotatable bonds is 7. The molecule has 3 rings (SSSR count). The number of anilines is 1. The van der Waals surface area contributed by atoms with Gasteiger partial charge in [-0.25, -0.2) is 9.69 Å². The van der Waals surface area contributed by atoms with Crippen LogP contribution in [0.3, 0.4) is 0 Å². The van der Waals surface area contributed by atoms with Gasteiger partial charge in [0.2, 0.25) is 11.8 Å². The molecular weight excluding hydrogens is 384 g/mol. The average molecular weight is 408 g/mol. The first-order chi connectivity index (χ1) is 14.5. The van der Waals surface area contributed by atoms with Crippen LogP contribution >= 0.6 is 0 Å². The monoisotopic (exact) mass is 408 g/mol. The Morgan fingerprint density at radius 1 is 1.07 bits per heavy atom. The molecule has 7 heteroatoms. The van der Waals surface area contributed by atoms with Crippen LogP contribution in [-0.4, -0.2) is 41.7 Å². The van der Waals surface area contributed by atoms with Crippen molar-refractivity contribution in [2.45, 2.75) is 38.8 Å². The third-order valence-corrected chi connectivity index (χ3v) is 5.03. The maximum Gasteiger partial charge on any atom is 0.337 e. The van der Waals surface area contributed by atoms with Crippen molar-refractivity contribution >= 4 is 29.4 Å². The number of amides is 3. The van der Waals surface area contributed by atoms with Crippen molar-refractivity contribution in [2.75, 3.05) is 12.0 Å². The Labute approximate surface area is 175 Å². The summed E-state index contributed by atoms with van der Waals surface area (Å²) in [6.07, 6.45) is 0.885. The van der Waals surface area contributed by atoms with E-state index in [-0.39, 0.29) is 24.8 Å². The molecular formula is C23H24N2O5. The van der Waals surface area contributed by atoms with Gasteiger partial charge in [-0.2, -0.15) is 0 Å². The van der Waals surface area contributed by atoms with E-state index in [0.29, 0.717) is 24.1 Å². The molecule has 0 bridgehead atoms. The molecule has 2 aromatic carbocycles. The summed E-state index contributed by atoms with van der Waals surface area (Å²) < 4.78 is 4.67. The van der Waals surface area contributed by atoms with Crippen LogP contribution in [-0.2, 0) is 25.7 Å². The largest absolute Gasteiger partial charge is 0.465 e. The third kappa shape index (κ3) is 4.40. The highest BCUT2D eigenvalue weighted by molar-refractivity contribution is 6.23. The molecule has 1 fully saturated rings. The molecule has 0 aromatic heterocycles. The van der Waals surface area contributed by atoms with Crippen LogP contribution in [0, 0.1) is 0 Å². The van der Waals surface area contributed by atoms with Crippen molar-refractivity contribution in [1.29, 1.82) is 0 Å². The van der Waals surface area contributed by atoms with Gasteiger partial charge in [-0.1, -0.05) is 37.3 Å². The fourth-order valence-corrected chi connectivity index (χ4v) is 3.50. The van der Waals surface area contributed by atoms with E-state index in [1.54, 1.807) is 0 Å². The third-order valence-electron chi connectivity index (χ3n) is 5.03. The lowest BCUT2D eigenvalue weighted by atomic mass is 10.1. The van der Waals surface area contributed by atoms with Gasteiger partial charge >= 0.3 is 5.97 Å². The second-order valence-electron chi connectivity index (χ2n) is 7.08. The van der Waals surface area contributed by atoms with E-state index in [0.717, 1.165) is 10.5 Å². The average Bonchev–Trinajstić information content (AvgIpc) is 3.06. The summed E-state index contributed by atoms with van der Waals surface area (Å²) in [4.78, 5) is 52.8. The lowest BCUT2D eigenvalue weighted by Gasteiger charge is -2.28. The Morgan fingerprint density at radius 2 is 1.73 bits per heavy atom. The quantitative estimate of drug-likeness (QED) is 0.520. The molecule has 1 saturated heterocycles. The van der Waals surface area contributed by atoms with Crippen LogP contribution in [0.2, 0.25) is 0 Å². The number of hydrogen-bond donors (Lipinski definition) is 0. The van der Waals surface area contributed by atoms with Crippen LogP contribution in [0.1, 0.15) is 42.1 Å². The first-order valence-electron chi connectivity index (χ1n) is 9.84. The lowest BCUT2D eigenvalue weighted by Crippen LogP contribution is -2.45. The molecule has 1 aliphatic rings. The second kappa shape index (κ2) is 9.35. The summed E-state index contributed by atoms with van der Waals surface area (Å²) in [7, 11) is 1.28. The van der Waals surface area contributed by atoms with Crippen LogP contribution < -0.4 is 4.90 Å². The maximum atomic E-state index is 13.2. The van der Waals surface area contributed by atoms with E-state index in [2.05, 4.69) is 4.74 Å². The minimum absolute atomic E-state index is 0.0696. The van der Waals surface area contributed by atoms with Crippen LogP contribution in [0.15, 0.2) is 54.6 Å². The highest BCUT2D eigenvalue weighted by atomic mass is 16.5. The highest BCUT2D eigenvalue weighted by Gasteiger charge is 2.44. The molecule has 2 aromatic rings. The fourth-order valence-electron chi connectivity index (χ4n) is 3.50.